The van der Waals surface area contributed by atoms with E-state index in [9.17, 15) is 13.6 Å². The second-order valence-corrected chi connectivity index (χ2v) is 2.72. The van der Waals surface area contributed by atoms with Crippen molar-refractivity contribution in [2.75, 3.05) is 5.32 Å². The molecule has 0 fully saturated rings. The van der Waals surface area contributed by atoms with Gasteiger partial charge in [0.2, 0.25) is 6.41 Å². The van der Waals surface area contributed by atoms with Crippen molar-refractivity contribution in [1.82, 2.24) is 0 Å². The minimum Gasteiger partial charge on any atom is -0.433 e. The van der Waals surface area contributed by atoms with Crippen molar-refractivity contribution in [2.45, 2.75) is 6.61 Å². The molecule has 6 heteroatoms. The summed E-state index contributed by atoms with van der Waals surface area (Å²) in [5.41, 5.74) is 0.104. The van der Waals surface area contributed by atoms with Crippen LogP contribution in [0.15, 0.2) is 18.2 Å². The number of anilines is 1. The zero-order chi connectivity index (χ0) is 10.6. The van der Waals surface area contributed by atoms with Crippen LogP contribution in [0.1, 0.15) is 0 Å². The Morgan fingerprint density at radius 2 is 2.21 bits per heavy atom. The third kappa shape index (κ3) is 2.85. The lowest BCUT2D eigenvalue weighted by atomic mass is 10.3. The van der Waals surface area contributed by atoms with E-state index >= 15 is 0 Å². The SMILES string of the molecule is O=CNc1cc(Cl)ccc1OC(F)F. The van der Waals surface area contributed by atoms with Crippen LogP contribution >= 0.6 is 11.6 Å². The largest absolute Gasteiger partial charge is 0.433 e. The average molecular weight is 222 g/mol. The summed E-state index contributed by atoms with van der Waals surface area (Å²) in [6, 6.07) is 3.95. The predicted molar refractivity (Wildman–Crippen MR) is 47.8 cm³/mol. The maximum atomic E-state index is 11.9. The van der Waals surface area contributed by atoms with Gasteiger partial charge in [-0.1, -0.05) is 11.6 Å². The van der Waals surface area contributed by atoms with Crippen LogP contribution in [0.3, 0.4) is 0 Å². The van der Waals surface area contributed by atoms with Gasteiger partial charge in [0.15, 0.2) is 0 Å². The van der Waals surface area contributed by atoms with Gasteiger partial charge in [0.1, 0.15) is 5.75 Å². The topological polar surface area (TPSA) is 38.3 Å². The number of hydrogen-bond donors (Lipinski definition) is 1. The summed E-state index contributed by atoms with van der Waals surface area (Å²) in [7, 11) is 0. The number of nitrogens with one attached hydrogen (secondary N) is 1. The van der Waals surface area contributed by atoms with E-state index in [4.69, 9.17) is 11.6 Å². The van der Waals surface area contributed by atoms with Gasteiger partial charge in [-0.05, 0) is 18.2 Å². The molecule has 76 valence electrons. The Hall–Kier alpha value is -1.36. The maximum absolute atomic E-state index is 11.9. The smallest absolute Gasteiger partial charge is 0.387 e. The first kappa shape index (κ1) is 10.7. The van der Waals surface area contributed by atoms with Crippen LogP contribution in [0.4, 0.5) is 14.5 Å². The average Bonchev–Trinajstić information content (AvgIpc) is 2.09. The highest BCUT2D eigenvalue weighted by Crippen LogP contribution is 2.28. The first-order valence-corrected chi connectivity index (χ1v) is 3.96. The van der Waals surface area contributed by atoms with Crippen molar-refractivity contribution in [3.8, 4) is 5.75 Å². The zero-order valence-corrected chi connectivity index (χ0v) is 7.59. The second-order valence-electron chi connectivity index (χ2n) is 2.28. The molecule has 1 amide bonds. The molecule has 0 aromatic heterocycles. The summed E-state index contributed by atoms with van der Waals surface area (Å²) in [5, 5.41) is 2.51. The Kier molecular flexibility index (Phi) is 3.64. The summed E-state index contributed by atoms with van der Waals surface area (Å²) < 4.78 is 27.9. The van der Waals surface area contributed by atoms with Crippen LogP contribution in [0.25, 0.3) is 0 Å². The fourth-order valence-electron chi connectivity index (χ4n) is 0.877. The summed E-state index contributed by atoms with van der Waals surface area (Å²) in [6.45, 7) is -2.94. The van der Waals surface area contributed by atoms with Gasteiger partial charge in [0, 0.05) is 5.02 Å². The molecule has 0 radical (unpaired) electrons. The second kappa shape index (κ2) is 4.76. The Labute approximate surface area is 83.6 Å². The minimum atomic E-state index is -2.94. The number of ether oxygens (including phenoxy) is 1. The Bertz CT molecular complexity index is 333. The van der Waals surface area contributed by atoms with E-state index in [2.05, 4.69) is 10.1 Å². The monoisotopic (exact) mass is 221 g/mol. The van der Waals surface area contributed by atoms with E-state index in [1.807, 2.05) is 0 Å². The normalized spacial score (nSPS) is 10.0. The summed E-state index contributed by atoms with van der Waals surface area (Å²) in [5.74, 6) is -0.128. The molecule has 14 heavy (non-hydrogen) atoms. The third-order valence-corrected chi connectivity index (χ3v) is 1.61. The molecule has 1 N–H and O–H groups in total. The molecule has 1 aromatic carbocycles. The number of rotatable bonds is 4. The Morgan fingerprint density at radius 1 is 1.50 bits per heavy atom. The summed E-state index contributed by atoms with van der Waals surface area (Å²) in [4.78, 5) is 10.1. The van der Waals surface area contributed by atoms with Crippen LogP contribution in [-0.4, -0.2) is 13.0 Å². The third-order valence-electron chi connectivity index (χ3n) is 1.37. The van der Waals surface area contributed by atoms with Gasteiger partial charge in [-0.25, -0.2) is 0 Å². The fourth-order valence-corrected chi connectivity index (χ4v) is 1.05. The number of alkyl halides is 2. The van der Waals surface area contributed by atoms with Gasteiger partial charge < -0.3 is 10.1 Å². The van der Waals surface area contributed by atoms with Crippen molar-refractivity contribution >= 4 is 23.7 Å². The van der Waals surface area contributed by atoms with Gasteiger partial charge in [-0.3, -0.25) is 4.79 Å². The van der Waals surface area contributed by atoms with E-state index in [0.717, 1.165) is 0 Å². The molecule has 1 rings (SSSR count). The number of carbonyl (C=O) groups is 1. The number of amides is 1. The number of carbonyl (C=O) groups excluding carboxylic acids is 1. The summed E-state index contributed by atoms with van der Waals surface area (Å²) in [6.07, 6.45) is 0.351. The molecule has 0 bridgehead atoms. The van der Waals surface area contributed by atoms with Crippen molar-refractivity contribution in [2.24, 2.45) is 0 Å². The summed E-state index contributed by atoms with van der Waals surface area (Å²) >= 11 is 5.59. The molecular formula is C8H6ClF2NO2. The zero-order valence-electron chi connectivity index (χ0n) is 6.84. The molecule has 3 nitrogen and oxygen atoms in total. The van der Waals surface area contributed by atoms with Crippen LogP contribution in [0.5, 0.6) is 5.75 Å². The van der Waals surface area contributed by atoms with Crippen LogP contribution in [-0.2, 0) is 4.79 Å². The van der Waals surface area contributed by atoms with Gasteiger partial charge in [0.25, 0.3) is 0 Å². The van der Waals surface area contributed by atoms with Crippen LogP contribution in [0, 0.1) is 0 Å². The first-order chi connectivity index (χ1) is 6.63. The molecule has 0 aliphatic carbocycles. The number of hydrogen-bond acceptors (Lipinski definition) is 2. The van der Waals surface area contributed by atoms with Crippen molar-refractivity contribution in [3.05, 3.63) is 23.2 Å². The lowest BCUT2D eigenvalue weighted by Gasteiger charge is -2.09. The maximum Gasteiger partial charge on any atom is 0.387 e. The van der Waals surface area contributed by atoms with E-state index in [1.165, 1.54) is 18.2 Å². The van der Waals surface area contributed by atoms with E-state index in [0.29, 0.717) is 11.4 Å². The molecular weight excluding hydrogens is 216 g/mol. The predicted octanol–water partition coefficient (Wildman–Crippen LogP) is 2.51. The van der Waals surface area contributed by atoms with Gasteiger partial charge in [-0.2, -0.15) is 8.78 Å². The molecule has 1 aromatic rings. The van der Waals surface area contributed by atoms with Crippen LogP contribution < -0.4 is 10.1 Å². The van der Waals surface area contributed by atoms with Gasteiger partial charge in [0.05, 0.1) is 5.69 Å². The first-order valence-electron chi connectivity index (χ1n) is 3.58. The highest BCUT2D eigenvalue weighted by molar-refractivity contribution is 6.31. The standard InChI is InChI=1S/C8H6ClF2NO2/c9-5-1-2-7(14-8(10)11)6(3-5)12-4-13/h1-4,8H,(H,12,13). The number of halogens is 3. The molecule has 0 atom stereocenters. The molecule has 0 spiro atoms. The quantitative estimate of drug-likeness (QED) is 0.794. The molecule has 0 saturated heterocycles. The molecule has 0 aliphatic rings. The lowest BCUT2D eigenvalue weighted by molar-refractivity contribution is -0.105. The van der Waals surface area contributed by atoms with E-state index in [1.54, 1.807) is 0 Å². The Morgan fingerprint density at radius 3 is 2.79 bits per heavy atom. The van der Waals surface area contributed by atoms with Crippen molar-refractivity contribution in [3.63, 3.8) is 0 Å². The molecule has 0 heterocycles. The number of benzene rings is 1. The Balaban J connectivity index is 2.95. The van der Waals surface area contributed by atoms with E-state index < -0.39 is 6.61 Å². The van der Waals surface area contributed by atoms with Gasteiger partial charge in [-0.15, -0.1) is 0 Å². The highest BCUT2D eigenvalue weighted by atomic mass is 35.5. The highest BCUT2D eigenvalue weighted by Gasteiger charge is 2.09. The van der Waals surface area contributed by atoms with E-state index in [-0.39, 0.29) is 11.4 Å². The molecule has 0 unspecified atom stereocenters. The molecule has 0 saturated carbocycles. The van der Waals surface area contributed by atoms with Crippen LogP contribution in [0.2, 0.25) is 5.02 Å². The van der Waals surface area contributed by atoms with Gasteiger partial charge >= 0.3 is 6.61 Å². The van der Waals surface area contributed by atoms with Crippen molar-refractivity contribution < 1.29 is 18.3 Å². The minimum absolute atomic E-state index is 0.104. The molecule has 0 aliphatic heterocycles. The van der Waals surface area contributed by atoms with Crippen molar-refractivity contribution in [1.29, 1.82) is 0 Å². The fraction of sp³-hybridized carbons (Fsp3) is 0.125. The lowest BCUT2D eigenvalue weighted by Crippen LogP contribution is -2.05.